The zero-order chi connectivity index (χ0) is 15.2. The van der Waals surface area contributed by atoms with Gasteiger partial charge in [0, 0.05) is 6.54 Å². The number of hydrogen-bond acceptors (Lipinski definition) is 5. The van der Waals surface area contributed by atoms with E-state index in [-0.39, 0.29) is 6.10 Å². The zero-order valence-electron chi connectivity index (χ0n) is 11.7. The monoisotopic (exact) mass is 288 g/mol. The molecule has 110 valence electrons. The lowest BCUT2D eigenvalue weighted by Gasteiger charge is -2.30. The summed E-state index contributed by atoms with van der Waals surface area (Å²) in [6.07, 6.45) is 2.27. The van der Waals surface area contributed by atoms with Crippen molar-refractivity contribution < 1.29 is 19.1 Å². The number of carbonyl (C=O) groups is 2. The van der Waals surface area contributed by atoms with Gasteiger partial charge in [-0.1, -0.05) is 0 Å². The molecule has 0 saturated carbocycles. The number of nitriles is 1. The zero-order valence-corrected chi connectivity index (χ0v) is 11.7. The van der Waals surface area contributed by atoms with E-state index in [0.29, 0.717) is 23.4 Å². The van der Waals surface area contributed by atoms with Crippen molar-refractivity contribution in [3.8, 4) is 11.8 Å². The average Bonchev–Trinajstić information content (AvgIpc) is 2.54. The molecule has 21 heavy (non-hydrogen) atoms. The van der Waals surface area contributed by atoms with Gasteiger partial charge in [-0.25, -0.2) is 4.79 Å². The number of likely N-dealkylation sites (tertiary alicyclic amines) is 1. The Balaban J connectivity index is 2.19. The van der Waals surface area contributed by atoms with Crippen LogP contribution < -0.4 is 4.74 Å². The summed E-state index contributed by atoms with van der Waals surface area (Å²) in [4.78, 5) is 24.0. The van der Waals surface area contributed by atoms with Gasteiger partial charge in [-0.05, 0) is 31.0 Å². The Morgan fingerprint density at radius 1 is 1.52 bits per heavy atom. The molecule has 0 radical (unpaired) electrons. The molecule has 1 heterocycles. The first-order valence-corrected chi connectivity index (χ1v) is 6.66. The molecular weight excluding hydrogens is 272 g/mol. The number of ether oxygens (including phenoxy) is 2. The number of hydrogen-bond donors (Lipinski definition) is 0. The molecule has 1 aromatic carbocycles. The molecular formula is C15H16N2O4. The first-order valence-electron chi connectivity index (χ1n) is 6.66. The van der Waals surface area contributed by atoms with Gasteiger partial charge in [0.1, 0.15) is 17.9 Å². The van der Waals surface area contributed by atoms with Crippen molar-refractivity contribution in [2.45, 2.75) is 18.9 Å². The number of rotatable bonds is 4. The molecule has 1 aliphatic rings. The quantitative estimate of drug-likeness (QED) is 0.617. The second-order valence-electron chi connectivity index (χ2n) is 4.80. The molecule has 6 nitrogen and oxygen atoms in total. The Hall–Kier alpha value is -2.55. The number of carbonyl (C=O) groups excluding carboxylic acids is 2. The standard InChI is InChI=1S/C15H16N2O4/c1-20-15(19)11-4-5-12(8-16)14(7-11)21-13-3-2-6-17(9-13)10-18/h4-5,7,10,13H,2-3,6,9H2,1H3. The predicted molar refractivity (Wildman–Crippen MR) is 73.8 cm³/mol. The van der Waals surface area contributed by atoms with Gasteiger partial charge in [-0.3, -0.25) is 4.79 Å². The van der Waals surface area contributed by atoms with E-state index < -0.39 is 5.97 Å². The van der Waals surface area contributed by atoms with E-state index in [2.05, 4.69) is 4.74 Å². The smallest absolute Gasteiger partial charge is 0.337 e. The highest BCUT2D eigenvalue weighted by Crippen LogP contribution is 2.24. The normalized spacial score (nSPS) is 17.7. The van der Waals surface area contributed by atoms with E-state index in [0.717, 1.165) is 25.8 Å². The van der Waals surface area contributed by atoms with Gasteiger partial charge in [0.25, 0.3) is 0 Å². The third-order valence-electron chi connectivity index (χ3n) is 3.38. The van der Waals surface area contributed by atoms with E-state index >= 15 is 0 Å². The maximum Gasteiger partial charge on any atom is 0.337 e. The third-order valence-corrected chi connectivity index (χ3v) is 3.38. The summed E-state index contributed by atoms with van der Waals surface area (Å²) in [6, 6.07) is 6.59. The van der Waals surface area contributed by atoms with Crippen molar-refractivity contribution in [1.82, 2.24) is 4.90 Å². The Bertz CT molecular complexity index is 580. The summed E-state index contributed by atoms with van der Waals surface area (Å²) in [7, 11) is 1.30. The van der Waals surface area contributed by atoms with E-state index in [1.165, 1.54) is 25.3 Å². The molecule has 1 saturated heterocycles. The second-order valence-corrected chi connectivity index (χ2v) is 4.80. The van der Waals surface area contributed by atoms with Crippen LogP contribution in [0.25, 0.3) is 0 Å². The predicted octanol–water partition coefficient (Wildman–Crippen LogP) is 1.34. The number of methoxy groups -OCH3 is 1. The van der Waals surface area contributed by atoms with Crippen molar-refractivity contribution in [3.63, 3.8) is 0 Å². The Morgan fingerprint density at radius 3 is 3.00 bits per heavy atom. The van der Waals surface area contributed by atoms with E-state index in [1.807, 2.05) is 6.07 Å². The minimum atomic E-state index is -0.484. The van der Waals surface area contributed by atoms with Crippen LogP contribution in [0.1, 0.15) is 28.8 Å². The molecule has 0 bridgehead atoms. The third kappa shape index (κ3) is 3.51. The highest BCUT2D eigenvalue weighted by molar-refractivity contribution is 5.90. The number of benzene rings is 1. The van der Waals surface area contributed by atoms with Gasteiger partial charge in [0.05, 0.1) is 24.8 Å². The topological polar surface area (TPSA) is 79.6 Å². The van der Waals surface area contributed by atoms with Gasteiger partial charge >= 0.3 is 5.97 Å². The maximum atomic E-state index is 11.5. The largest absolute Gasteiger partial charge is 0.487 e. The van der Waals surface area contributed by atoms with Crippen LogP contribution in [0.5, 0.6) is 5.75 Å². The Kier molecular flexibility index (Phi) is 4.77. The van der Waals surface area contributed by atoms with Crippen LogP contribution in [-0.4, -0.2) is 43.6 Å². The van der Waals surface area contributed by atoms with Crippen LogP contribution in [0.15, 0.2) is 18.2 Å². The van der Waals surface area contributed by atoms with Crippen LogP contribution >= 0.6 is 0 Å². The molecule has 0 spiro atoms. The fourth-order valence-corrected chi connectivity index (χ4v) is 2.29. The molecule has 0 aromatic heterocycles. The minimum Gasteiger partial charge on any atom is -0.487 e. The average molecular weight is 288 g/mol. The Morgan fingerprint density at radius 2 is 2.33 bits per heavy atom. The van der Waals surface area contributed by atoms with Crippen molar-refractivity contribution >= 4 is 12.4 Å². The van der Waals surface area contributed by atoms with Gasteiger partial charge in [0.2, 0.25) is 6.41 Å². The molecule has 2 rings (SSSR count). The summed E-state index contributed by atoms with van der Waals surface area (Å²) >= 11 is 0. The Labute approximate surface area is 122 Å². The number of amides is 1. The summed E-state index contributed by atoms with van der Waals surface area (Å²) in [6.45, 7) is 1.20. The van der Waals surface area contributed by atoms with Crippen LogP contribution in [0, 0.1) is 11.3 Å². The van der Waals surface area contributed by atoms with E-state index in [1.54, 1.807) is 4.90 Å². The number of esters is 1. The second kappa shape index (κ2) is 6.75. The van der Waals surface area contributed by atoms with Crippen LogP contribution in [0.2, 0.25) is 0 Å². The first-order chi connectivity index (χ1) is 10.2. The molecule has 6 heteroatoms. The molecule has 0 N–H and O–H groups in total. The van der Waals surface area contributed by atoms with Crippen molar-refractivity contribution in [2.75, 3.05) is 20.2 Å². The molecule has 1 atom stereocenters. The molecule has 1 aliphatic heterocycles. The number of piperidine rings is 1. The fraction of sp³-hybridized carbons (Fsp3) is 0.400. The highest BCUT2D eigenvalue weighted by atomic mass is 16.5. The SMILES string of the molecule is COC(=O)c1ccc(C#N)c(OC2CCCN(C=O)C2)c1. The van der Waals surface area contributed by atoms with Crippen LogP contribution in [0.4, 0.5) is 0 Å². The van der Waals surface area contributed by atoms with Crippen LogP contribution in [0.3, 0.4) is 0 Å². The van der Waals surface area contributed by atoms with Gasteiger partial charge in [-0.2, -0.15) is 5.26 Å². The molecule has 0 aliphatic carbocycles. The summed E-state index contributed by atoms with van der Waals surface area (Å²) in [5.74, 6) is -0.138. The number of nitrogens with zero attached hydrogens (tertiary/aromatic N) is 2. The molecule has 1 aromatic rings. The lowest BCUT2D eigenvalue weighted by atomic mass is 10.1. The van der Waals surface area contributed by atoms with E-state index in [9.17, 15) is 9.59 Å². The lowest BCUT2D eigenvalue weighted by molar-refractivity contribution is -0.120. The van der Waals surface area contributed by atoms with E-state index in [4.69, 9.17) is 10.00 Å². The molecule has 1 fully saturated rings. The summed E-state index contributed by atoms with van der Waals surface area (Å²) < 4.78 is 10.5. The van der Waals surface area contributed by atoms with Crippen molar-refractivity contribution in [3.05, 3.63) is 29.3 Å². The fourth-order valence-electron chi connectivity index (χ4n) is 2.29. The maximum absolute atomic E-state index is 11.5. The van der Waals surface area contributed by atoms with Crippen LogP contribution in [-0.2, 0) is 9.53 Å². The summed E-state index contributed by atoms with van der Waals surface area (Å²) in [5.41, 5.74) is 0.681. The lowest BCUT2D eigenvalue weighted by Crippen LogP contribution is -2.40. The molecule has 1 unspecified atom stereocenters. The van der Waals surface area contributed by atoms with Crippen molar-refractivity contribution in [1.29, 1.82) is 5.26 Å². The first kappa shape index (κ1) is 14.9. The van der Waals surface area contributed by atoms with Crippen molar-refractivity contribution in [2.24, 2.45) is 0 Å². The minimum absolute atomic E-state index is 0.177. The van der Waals surface area contributed by atoms with Gasteiger partial charge in [-0.15, -0.1) is 0 Å². The highest BCUT2D eigenvalue weighted by Gasteiger charge is 2.21. The summed E-state index contributed by atoms with van der Waals surface area (Å²) in [5, 5.41) is 9.12. The molecule has 1 amide bonds. The van der Waals surface area contributed by atoms with Gasteiger partial charge < -0.3 is 14.4 Å². The van der Waals surface area contributed by atoms with Gasteiger partial charge in [0.15, 0.2) is 0 Å².